The number of methoxy groups -OCH3 is 2. The number of hydrogen-bond acceptors (Lipinski definition) is 13. The molecule has 0 bridgehead atoms. The number of ketones is 1. The van der Waals surface area contributed by atoms with Crippen LogP contribution in [0, 0.1) is 5.92 Å². The van der Waals surface area contributed by atoms with Crippen LogP contribution >= 0.6 is 47.5 Å². The molecule has 48 heavy (non-hydrogen) atoms. The second-order valence-corrected chi connectivity index (χ2v) is 12.9. The van der Waals surface area contributed by atoms with E-state index in [4.69, 9.17) is 40.3 Å². The lowest BCUT2D eigenvalue weighted by Gasteiger charge is -2.30. The van der Waals surface area contributed by atoms with Crippen molar-refractivity contribution in [2.45, 2.75) is 61.0 Å². The molecule has 1 aliphatic rings. The highest BCUT2D eigenvalue weighted by Gasteiger charge is 2.46. The summed E-state index contributed by atoms with van der Waals surface area (Å²) in [6.07, 6.45) is -3.77. The lowest BCUT2D eigenvalue weighted by Crippen LogP contribution is -2.57. The van der Waals surface area contributed by atoms with Gasteiger partial charge < -0.3 is 19.7 Å². The zero-order chi connectivity index (χ0) is 36.9. The first-order chi connectivity index (χ1) is 22.6. The molecule has 1 saturated heterocycles. The third-order valence-corrected chi connectivity index (χ3v) is 8.82. The summed E-state index contributed by atoms with van der Waals surface area (Å²) in [7, 11) is 3.09. The number of carbonyl (C=O) groups is 3. The molecule has 1 aliphatic heterocycles. The van der Waals surface area contributed by atoms with Crippen LogP contribution in [0.5, 0.6) is 5.75 Å². The molecule has 1 unspecified atom stereocenters. The fraction of sp³-hybridized carbons (Fsp3) is 0.483. The van der Waals surface area contributed by atoms with Gasteiger partial charge in [-0.3, -0.25) is 14.4 Å². The Balaban J connectivity index is 0.00000113. The van der Waals surface area contributed by atoms with Crippen molar-refractivity contribution >= 4 is 77.4 Å². The zero-order valence-corrected chi connectivity index (χ0v) is 29.5. The maximum Gasteiger partial charge on any atom is 0.452 e. The van der Waals surface area contributed by atoms with Gasteiger partial charge in [0.2, 0.25) is 11.8 Å². The van der Waals surface area contributed by atoms with Crippen LogP contribution < -0.4 is 14.8 Å². The van der Waals surface area contributed by atoms with Crippen LogP contribution in [0.1, 0.15) is 32.3 Å². The van der Waals surface area contributed by atoms with E-state index in [0.29, 0.717) is 10.8 Å². The fourth-order valence-electron chi connectivity index (χ4n) is 4.00. The predicted octanol–water partition coefficient (Wildman–Crippen LogP) is 4.23. The number of likely N-dealkylation sites (tertiary alicyclic amines) is 1. The summed E-state index contributed by atoms with van der Waals surface area (Å²) in [5.74, 6) is -2.30. The zero-order valence-electron chi connectivity index (χ0n) is 26.2. The molecule has 19 heteroatoms. The SMILES string of the molecule is COC[C@H](NSc1ccc(Cl)s1)C(=O)N1CCCC1C(=O)N[C@H](C(=O)C(F)(F)F)C(C)C.COc1ccc(CS)cc1.O=C=O.O=C=O. The number of hydrogen-bond donors (Lipinski definition) is 3. The molecule has 1 aromatic heterocycles. The van der Waals surface area contributed by atoms with E-state index in [0.717, 1.165) is 15.7 Å². The number of rotatable bonds is 12. The number of thiol groups is 1. The predicted molar refractivity (Wildman–Crippen MR) is 172 cm³/mol. The van der Waals surface area contributed by atoms with Crippen LogP contribution in [0.3, 0.4) is 0 Å². The fourth-order valence-corrected chi connectivity index (χ4v) is 6.27. The van der Waals surface area contributed by atoms with E-state index in [1.54, 1.807) is 19.2 Å². The Hall–Kier alpha value is -3.21. The molecule has 2 amide bonds. The van der Waals surface area contributed by atoms with Crippen LogP contribution in [0.15, 0.2) is 40.6 Å². The number of nitrogens with one attached hydrogen (secondary N) is 2. The summed E-state index contributed by atoms with van der Waals surface area (Å²) >= 11 is 12.6. The van der Waals surface area contributed by atoms with Gasteiger partial charge in [-0.2, -0.15) is 45.0 Å². The first-order valence-corrected chi connectivity index (χ1v) is 16.4. The maximum absolute atomic E-state index is 13.1. The Morgan fingerprint density at radius 2 is 1.67 bits per heavy atom. The van der Waals surface area contributed by atoms with Crippen LogP contribution in [0.25, 0.3) is 0 Å². The van der Waals surface area contributed by atoms with Crippen molar-refractivity contribution in [3.8, 4) is 5.75 Å². The molecule has 2 heterocycles. The quantitative estimate of drug-likeness (QED) is 0.210. The van der Waals surface area contributed by atoms with Crippen molar-refractivity contribution in [1.29, 1.82) is 0 Å². The molecule has 266 valence electrons. The number of benzene rings is 1. The lowest BCUT2D eigenvalue weighted by atomic mass is 9.98. The van der Waals surface area contributed by atoms with Crippen molar-refractivity contribution in [2.24, 2.45) is 5.92 Å². The summed E-state index contributed by atoms with van der Waals surface area (Å²) in [5.41, 5.74) is 1.21. The molecular formula is C29H35ClF3N3O9S3. The molecule has 3 rings (SSSR count). The highest BCUT2D eigenvalue weighted by Crippen LogP contribution is 2.29. The van der Waals surface area contributed by atoms with Gasteiger partial charge in [0.1, 0.15) is 17.8 Å². The summed E-state index contributed by atoms with van der Waals surface area (Å²) in [6.45, 7) is 3.13. The number of halogens is 4. The third-order valence-electron chi connectivity index (χ3n) is 6.19. The molecule has 2 N–H and O–H groups in total. The molecule has 3 atom stereocenters. The molecule has 0 aliphatic carbocycles. The van der Waals surface area contributed by atoms with E-state index in [2.05, 4.69) is 22.7 Å². The first-order valence-electron chi connectivity index (χ1n) is 13.8. The standard InChI is InChI=1S/C19H25ClF3N3O4S2.C8H10OS.2CO2/c1-10(2)15(16(27)19(21,22)23)24-17(28)12-5-4-8-26(12)18(29)11(9-30-3)25-32-14-7-6-13(20)31-14;1-9-8-4-2-7(6-10)3-5-8;2*2-1-3/h6-7,10-12,15,25H,4-5,8-9H2,1-3H3,(H,24,28);2-5,10H,6H2,1H3;;/t11-,12?,15-;;;/m0.../s1. The molecule has 0 spiro atoms. The first kappa shape index (κ1) is 44.8. The molecule has 0 saturated carbocycles. The molecular weight excluding hydrogens is 723 g/mol. The second kappa shape index (κ2) is 24.0. The Morgan fingerprint density at radius 3 is 2.10 bits per heavy atom. The molecule has 12 nitrogen and oxygen atoms in total. The third kappa shape index (κ3) is 16.3. The highest BCUT2D eigenvalue weighted by atomic mass is 35.5. The Bertz CT molecular complexity index is 1320. The molecule has 2 aromatic rings. The van der Waals surface area contributed by atoms with Crippen molar-refractivity contribution in [3.63, 3.8) is 0 Å². The van der Waals surface area contributed by atoms with Gasteiger partial charge in [0.25, 0.3) is 5.78 Å². The Morgan fingerprint density at radius 1 is 1.08 bits per heavy atom. The normalized spacial score (nSPS) is 14.7. The lowest BCUT2D eigenvalue weighted by molar-refractivity contribution is -0.193. The second-order valence-electron chi connectivity index (χ2n) is 9.74. The van der Waals surface area contributed by atoms with Gasteiger partial charge in [-0.15, -0.1) is 11.3 Å². The minimum atomic E-state index is -5.07. The van der Waals surface area contributed by atoms with Gasteiger partial charge in [-0.25, -0.2) is 4.72 Å². The van der Waals surface area contributed by atoms with E-state index in [1.165, 1.54) is 54.7 Å². The minimum Gasteiger partial charge on any atom is -0.497 e. The number of thiophene rings is 1. The summed E-state index contributed by atoms with van der Waals surface area (Å²) < 4.78 is 53.3. The van der Waals surface area contributed by atoms with Crippen molar-refractivity contribution < 1.29 is 56.2 Å². The van der Waals surface area contributed by atoms with Gasteiger partial charge in [-0.05, 0) is 60.5 Å². The minimum absolute atomic E-state index is 0.0248. The van der Waals surface area contributed by atoms with Gasteiger partial charge in [-0.1, -0.05) is 37.6 Å². The van der Waals surface area contributed by atoms with Gasteiger partial charge >= 0.3 is 18.5 Å². The monoisotopic (exact) mass is 757 g/mol. The topological polar surface area (TPSA) is 165 Å². The smallest absolute Gasteiger partial charge is 0.452 e. The largest absolute Gasteiger partial charge is 0.497 e. The van der Waals surface area contributed by atoms with Gasteiger partial charge in [0.05, 0.1) is 28.3 Å². The van der Waals surface area contributed by atoms with Crippen LogP contribution in [0.2, 0.25) is 4.34 Å². The van der Waals surface area contributed by atoms with Gasteiger partial charge in [0, 0.05) is 19.4 Å². The summed E-state index contributed by atoms with van der Waals surface area (Å²) in [4.78, 5) is 71.4. The van der Waals surface area contributed by atoms with Crippen molar-refractivity contribution in [1.82, 2.24) is 14.9 Å². The Labute approximate surface area is 294 Å². The number of alkyl halides is 3. The summed E-state index contributed by atoms with van der Waals surface area (Å²) in [5, 5.41) is 2.21. The Kier molecular flexibility index (Phi) is 22.4. The number of ether oxygens (including phenoxy) is 2. The van der Waals surface area contributed by atoms with E-state index in [-0.39, 0.29) is 31.9 Å². The van der Waals surface area contributed by atoms with E-state index in [1.807, 2.05) is 24.3 Å². The van der Waals surface area contributed by atoms with Crippen LogP contribution in [-0.2, 0) is 44.1 Å². The van der Waals surface area contributed by atoms with Crippen molar-refractivity contribution in [2.75, 3.05) is 27.4 Å². The van der Waals surface area contributed by atoms with E-state index in [9.17, 15) is 27.6 Å². The van der Waals surface area contributed by atoms with Crippen molar-refractivity contribution in [3.05, 3.63) is 46.3 Å². The van der Waals surface area contributed by atoms with E-state index >= 15 is 0 Å². The number of carbonyl (C=O) groups excluding carboxylic acids is 7. The van der Waals surface area contributed by atoms with Crippen LogP contribution in [-0.4, -0.2) is 86.5 Å². The molecule has 1 fully saturated rings. The maximum atomic E-state index is 13.1. The number of amides is 2. The number of nitrogens with zero attached hydrogens (tertiary/aromatic N) is 1. The average molecular weight is 758 g/mol. The van der Waals surface area contributed by atoms with Gasteiger partial charge in [0.15, 0.2) is 0 Å². The number of Topliss-reactive ketones (excluding diaryl/α,β-unsaturated/α-hetero) is 1. The molecule has 0 radical (unpaired) electrons. The average Bonchev–Trinajstić information content (AvgIpc) is 3.71. The van der Waals surface area contributed by atoms with E-state index < -0.39 is 47.8 Å². The molecule has 1 aromatic carbocycles. The van der Waals surface area contributed by atoms with Crippen LogP contribution in [0.4, 0.5) is 13.2 Å². The highest BCUT2D eigenvalue weighted by molar-refractivity contribution is 7.99. The summed E-state index contributed by atoms with van der Waals surface area (Å²) in [6, 6.07) is 7.91.